The van der Waals surface area contributed by atoms with Gasteiger partial charge in [-0.15, -0.1) is 0 Å². The Hall–Kier alpha value is -4.15. The summed E-state index contributed by atoms with van der Waals surface area (Å²) < 4.78 is 35.1. The van der Waals surface area contributed by atoms with Crippen molar-refractivity contribution < 1.29 is 22.7 Å². The van der Waals surface area contributed by atoms with Crippen molar-refractivity contribution in [2.75, 3.05) is 25.0 Å². The molecule has 0 aliphatic heterocycles. The van der Waals surface area contributed by atoms with E-state index in [1.807, 2.05) is 67.6 Å². The van der Waals surface area contributed by atoms with Crippen molar-refractivity contribution in [3.05, 3.63) is 124 Å². The van der Waals surface area contributed by atoms with Crippen LogP contribution in [0.1, 0.15) is 16.7 Å². The summed E-state index contributed by atoms with van der Waals surface area (Å²) >= 11 is 3.37. The second-order valence-electron chi connectivity index (χ2n) is 9.97. The molecule has 0 radical (unpaired) electrons. The first-order chi connectivity index (χ1) is 20.6. The molecule has 8 nitrogen and oxygen atoms in total. The van der Waals surface area contributed by atoms with Crippen LogP contribution in [0.25, 0.3) is 0 Å². The van der Waals surface area contributed by atoms with Crippen LogP contribution < -0.4 is 14.4 Å². The van der Waals surface area contributed by atoms with Crippen molar-refractivity contribution >= 4 is 43.5 Å². The number of anilines is 1. The Bertz CT molecular complexity index is 1650. The number of halogens is 1. The van der Waals surface area contributed by atoms with Gasteiger partial charge in [-0.1, -0.05) is 78.4 Å². The molecule has 0 saturated heterocycles. The third-order valence-corrected chi connectivity index (χ3v) is 9.41. The van der Waals surface area contributed by atoms with Gasteiger partial charge in [-0.05, 0) is 64.3 Å². The topological polar surface area (TPSA) is 96.0 Å². The molecule has 0 aliphatic rings. The Morgan fingerprint density at radius 3 is 2.05 bits per heavy atom. The number of sulfonamides is 1. The fourth-order valence-corrected chi connectivity index (χ4v) is 6.81. The molecule has 43 heavy (non-hydrogen) atoms. The van der Waals surface area contributed by atoms with Crippen LogP contribution >= 0.6 is 15.9 Å². The Morgan fingerprint density at radius 2 is 1.49 bits per heavy atom. The Balaban J connectivity index is 1.78. The second kappa shape index (κ2) is 14.3. The maximum absolute atomic E-state index is 14.3. The van der Waals surface area contributed by atoms with Crippen LogP contribution in [0.15, 0.2) is 112 Å². The summed E-state index contributed by atoms with van der Waals surface area (Å²) in [7, 11) is -1.21. The van der Waals surface area contributed by atoms with Crippen LogP contribution in [0, 0.1) is 6.92 Å². The standard InChI is InChI=1S/C33H34BrN3O5S/c1-24-14-16-27(17-15-24)37(43(40,41)28-18-19-31(42-3)29(34)21-28)23-32(38)36(22-26-12-8-5-9-13-26)30(33(39)35-2)20-25-10-6-4-7-11-25/h4-19,21,30H,20,22-23H2,1-3H3,(H,35,39)/t30-/m0/s1. The Kier molecular flexibility index (Phi) is 10.6. The fraction of sp³-hybridized carbons (Fsp3) is 0.212. The number of methoxy groups -OCH3 is 1. The third-order valence-electron chi connectivity index (χ3n) is 7.03. The van der Waals surface area contributed by atoms with Crippen LogP contribution in [-0.4, -0.2) is 51.9 Å². The van der Waals surface area contributed by atoms with Crippen molar-refractivity contribution in [1.82, 2.24) is 10.2 Å². The molecular weight excluding hydrogens is 630 g/mol. The molecule has 4 aromatic carbocycles. The smallest absolute Gasteiger partial charge is 0.264 e. The average molecular weight is 665 g/mol. The lowest BCUT2D eigenvalue weighted by molar-refractivity contribution is -0.139. The Morgan fingerprint density at radius 1 is 0.884 bits per heavy atom. The van der Waals surface area contributed by atoms with Gasteiger partial charge in [-0.25, -0.2) is 8.42 Å². The summed E-state index contributed by atoms with van der Waals surface area (Å²) in [5.74, 6) is -0.401. The van der Waals surface area contributed by atoms with Gasteiger partial charge in [0.15, 0.2) is 0 Å². The highest BCUT2D eigenvalue weighted by atomic mass is 79.9. The van der Waals surface area contributed by atoms with E-state index in [1.54, 1.807) is 30.3 Å². The minimum absolute atomic E-state index is 0.0182. The number of benzene rings is 4. The highest BCUT2D eigenvalue weighted by Crippen LogP contribution is 2.31. The van der Waals surface area contributed by atoms with Gasteiger partial charge in [0.1, 0.15) is 18.3 Å². The highest BCUT2D eigenvalue weighted by molar-refractivity contribution is 9.10. The van der Waals surface area contributed by atoms with E-state index in [0.29, 0.717) is 15.9 Å². The molecule has 0 unspecified atom stereocenters. The summed E-state index contributed by atoms with van der Waals surface area (Å²) in [5, 5.41) is 2.69. The first kappa shape index (κ1) is 31.8. The molecule has 0 fully saturated rings. The lowest BCUT2D eigenvalue weighted by Gasteiger charge is -2.33. The third kappa shape index (κ3) is 7.82. The van der Waals surface area contributed by atoms with Crippen LogP contribution in [0.4, 0.5) is 5.69 Å². The second-order valence-corrected chi connectivity index (χ2v) is 12.7. The number of nitrogens with zero attached hydrogens (tertiary/aromatic N) is 2. The van der Waals surface area contributed by atoms with Gasteiger partial charge in [-0.2, -0.15) is 0 Å². The Labute approximate surface area is 261 Å². The molecule has 1 N–H and O–H groups in total. The maximum atomic E-state index is 14.3. The predicted molar refractivity (Wildman–Crippen MR) is 171 cm³/mol. The lowest BCUT2D eigenvalue weighted by Crippen LogP contribution is -2.53. The zero-order valence-electron chi connectivity index (χ0n) is 24.2. The molecule has 224 valence electrons. The zero-order valence-corrected chi connectivity index (χ0v) is 26.6. The molecule has 2 amide bonds. The van der Waals surface area contributed by atoms with Crippen molar-refractivity contribution in [2.45, 2.75) is 30.8 Å². The van der Waals surface area contributed by atoms with E-state index >= 15 is 0 Å². The van der Waals surface area contributed by atoms with Crippen LogP contribution in [0.5, 0.6) is 5.75 Å². The van der Waals surface area contributed by atoms with Gasteiger partial charge in [0.25, 0.3) is 10.0 Å². The lowest BCUT2D eigenvalue weighted by atomic mass is 10.0. The number of nitrogens with one attached hydrogen (secondary N) is 1. The number of likely N-dealkylation sites (N-methyl/N-ethyl adjacent to an activating group) is 1. The van der Waals surface area contributed by atoms with Gasteiger partial charge in [0.05, 0.1) is 22.2 Å². The first-order valence-corrected chi connectivity index (χ1v) is 15.9. The number of aryl methyl sites for hydroxylation is 1. The van der Waals surface area contributed by atoms with Gasteiger partial charge in [-0.3, -0.25) is 13.9 Å². The number of rotatable bonds is 12. The van der Waals surface area contributed by atoms with Crippen LogP contribution in [-0.2, 0) is 32.6 Å². The molecule has 0 bridgehead atoms. The van der Waals surface area contributed by atoms with E-state index in [2.05, 4.69) is 21.2 Å². The minimum Gasteiger partial charge on any atom is -0.496 e. The number of hydrogen-bond acceptors (Lipinski definition) is 5. The summed E-state index contributed by atoms with van der Waals surface area (Å²) in [4.78, 5) is 29.1. The fourth-order valence-electron chi connectivity index (χ4n) is 4.68. The summed E-state index contributed by atoms with van der Waals surface area (Å²) in [5.41, 5.74) is 2.94. The highest BCUT2D eigenvalue weighted by Gasteiger charge is 2.34. The summed E-state index contributed by atoms with van der Waals surface area (Å²) in [6, 6.07) is 29.2. The van der Waals surface area contributed by atoms with Gasteiger partial charge in [0.2, 0.25) is 11.8 Å². The number of amides is 2. The normalized spacial score (nSPS) is 11.8. The molecule has 4 aromatic rings. The number of carbonyl (C=O) groups excluding carboxylic acids is 2. The van der Waals surface area contributed by atoms with E-state index < -0.39 is 28.5 Å². The number of hydrogen-bond donors (Lipinski definition) is 1. The quantitative estimate of drug-likeness (QED) is 0.221. The van der Waals surface area contributed by atoms with Gasteiger partial charge < -0.3 is 15.0 Å². The minimum atomic E-state index is -4.23. The molecule has 0 spiro atoms. The number of ether oxygens (including phenoxy) is 1. The van der Waals surface area contributed by atoms with E-state index in [0.717, 1.165) is 21.0 Å². The van der Waals surface area contributed by atoms with Crippen molar-refractivity contribution in [3.63, 3.8) is 0 Å². The van der Waals surface area contributed by atoms with Crippen molar-refractivity contribution in [2.24, 2.45) is 0 Å². The monoisotopic (exact) mass is 663 g/mol. The molecule has 0 aliphatic carbocycles. The van der Waals surface area contributed by atoms with E-state index in [4.69, 9.17) is 4.74 Å². The van der Waals surface area contributed by atoms with Crippen LogP contribution in [0.3, 0.4) is 0 Å². The van der Waals surface area contributed by atoms with Crippen molar-refractivity contribution in [3.8, 4) is 5.75 Å². The predicted octanol–water partition coefficient (Wildman–Crippen LogP) is 5.35. The largest absolute Gasteiger partial charge is 0.496 e. The number of carbonyl (C=O) groups is 2. The summed E-state index contributed by atoms with van der Waals surface area (Å²) in [6.07, 6.45) is 0.252. The first-order valence-electron chi connectivity index (χ1n) is 13.7. The molecule has 0 saturated carbocycles. The SMILES string of the molecule is CNC(=O)[C@H](Cc1ccccc1)N(Cc1ccccc1)C(=O)CN(c1ccc(C)cc1)S(=O)(=O)c1ccc(OC)c(Br)c1. The molecule has 0 aromatic heterocycles. The molecule has 1 atom stereocenters. The molecule has 0 heterocycles. The summed E-state index contributed by atoms with van der Waals surface area (Å²) in [6.45, 7) is 1.48. The van der Waals surface area contributed by atoms with E-state index in [9.17, 15) is 18.0 Å². The van der Waals surface area contributed by atoms with Gasteiger partial charge in [0, 0.05) is 20.0 Å². The van der Waals surface area contributed by atoms with E-state index in [-0.39, 0.29) is 23.8 Å². The molecule has 4 rings (SSSR count). The molecule has 10 heteroatoms. The maximum Gasteiger partial charge on any atom is 0.264 e. The van der Waals surface area contributed by atoms with E-state index in [1.165, 1.54) is 31.2 Å². The average Bonchev–Trinajstić information content (AvgIpc) is 3.02. The zero-order chi connectivity index (χ0) is 31.0. The van der Waals surface area contributed by atoms with Gasteiger partial charge >= 0.3 is 0 Å². The molecular formula is C33H34BrN3O5S. The van der Waals surface area contributed by atoms with Crippen molar-refractivity contribution in [1.29, 1.82) is 0 Å². The van der Waals surface area contributed by atoms with Crippen LogP contribution in [0.2, 0.25) is 0 Å².